The van der Waals surface area contributed by atoms with Gasteiger partial charge in [-0.05, 0) is 35.4 Å². The molecule has 0 unspecified atom stereocenters. The van der Waals surface area contributed by atoms with E-state index in [4.69, 9.17) is 9.47 Å². The average molecular weight is 393 g/mol. The van der Waals surface area contributed by atoms with E-state index in [1.165, 1.54) is 12.1 Å². The van der Waals surface area contributed by atoms with Gasteiger partial charge >= 0.3 is 5.97 Å². The van der Waals surface area contributed by atoms with E-state index in [1.54, 1.807) is 36.4 Å². The minimum absolute atomic E-state index is 0.146. The van der Waals surface area contributed by atoms with Crippen LogP contribution in [0.2, 0.25) is 0 Å². The molecule has 3 aromatic carbocycles. The number of ether oxygens (including phenoxy) is 2. The van der Waals surface area contributed by atoms with Crippen molar-refractivity contribution in [1.29, 1.82) is 0 Å². The molecule has 0 atom stereocenters. The minimum atomic E-state index is -0.535. The van der Waals surface area contributed by atoms with E-state index >= 15 is 0 Å². The Bertz CT molecular complexity index is 958. The van der Waals surface area contributed by atoms with Gasteiger partial charge < -0.3 is 14.8 Å². The molecular weight excluding hydrogens is 373 g/mol. The van der Waals surface area contributed by atoms with E-state index in [0.717, 1.165) is 11.1 Å². The van der Waals surface area contributed by atoms with Crippen molar-refractivity contribution in [2.45, 2.75) is 13.2 Å². The number of carbonyl (C=O) groups excluding carboxylic acids is 2. The summed E-state index contributed by atoms with van der Waals surface area (Å²) in [6.45, 7) is 0.0779. The Morgan fingerprint density at radius 3 is 2.21 bits per heavy atom. The van der Waals surface area contributed by atoms with E-state index in [9.17, 15) is 14.0 Å². The van der Waals surface area contributed by atoms with Crippen molar-refractivity contribution in [2.24, 2.45) is 0 Å². The molecule has 0 bridgehead atoms. The van der Waals surface area contributed by atoms with E-state index in [2.05, 4.69) is 5.32 Å². The van der Waals surface area contributed by atoms with Crippen LogP contribution in [0, 0.1) is 5.82 Å². The highest BCUT2D eigenvalue weighted by molar-refractivity contribution is 5.98. The molecule has 0 aromatic heterocycles. The van der Waals surface area contributed by atoms with Crippen molar-refractivity contribution >= 4 is 11.9 Å². The maximum Gasteiger partial charge on any atom is 0.325 e. The molecule has 3 rings (SSSR count). The van der Waals surface area contributed by atoms with Crippen molar-refractivity contribution in [3.8, 4) is 5.75 Å². The fraction of sp³-hybridized carbons (Fsp3) is 0.130. The van der Waals surface area contributed by atoms with E-state index in [1.807, 2.05) is 30.3 Å². The smallest absolute Gasteiger partial charge is 0.325 e. The van der Waals surface area contributed by atoms with Gasteiger partial charge in [-0.25, -0.2) is 4.39 Å². The molecule has 29 heavy (non-hydrogen) atoms. The number of benzene rings is 3. The summed E-state index contributed by atoms with van der Waals surface area (Å²) in [6, 6.07) is 21.9. The number of hydrogen-bond acceptors (Lipinski definition) is 4. The summed E-state index contributed by atoms with van der Waals surface area (Å²) < 4.78 is 23.8. The van der Waals surface area contributed by atoms with Crippen LogP contribution in [0.5, 0.6) is 5.75 Å². The van der Waals surface area contributed by atoms with Crippen LogP contribution in [0.3, 0.4) is 0 Å². The molecule has 0 aliphatic carbocycles. The average Bonchev–Trinajstić information content (AvgIpc) is 2.76. The third-order valence-corrected chi connectivity index (χ3v) is 4.08. The summed E-state index contributed by atoms with van der Waals surface area (Å²) in [5.41, 5.74) is 1.93. The number of para-hydroxylation sites is 1. The number of hydrogen-bond donors (Lipinski definition) is 1. The topological polar surface area (TPSA) is 64.6 Å². The second-order valence-electron chi connectivity index (χ2n) is 6.24. The lowest BCUT2D eigenvalue weighted by Gasteiger charge is -2.12. The Hall–Kier alpha value is -3.67. The Kier molecular flexibility index (Phi) is 6.95. The number of halogens is 1. The summed E-state index contributed by atoms with van der Waals surface area (Å²) in [5.74, 6) is -0.942. The van der Waals surface area contributed by atoms with E-state index in [-0.39, 0.29) is 25.6 Å². The van der Waals surface area contributed by atoms with Gasteiger partial charge in [0.05, 0.1) is 5.56 Å². The molecule has 0 aliphatic rings. The second kappa shape index (κ2) is 10.0. The molecule has 0 saturated heterocycles. The molecule has 1 amide bonds. The molecule has 0 fully saturated rings. The fourth-order valence-corrected chi connectivity index (χ4v) is 2.56. The molecule has 0 spiro atoms. The SMILES string of the molecule is O=C(CNC(=O)c1ccccc1OCc1ccc(F)cc1)OCc1ccccc1. The normalized spacial score (nSPS) is 10.2. The van der Waals surface area contributed by atoms with Crippen molar-refractivity contribution in [2.75, 3.05) is 6.54 Å². The molecule has 1 N–H and O–H groups in total. The molecule has 3 aromatic rings. The first-order valence-electron chi connectivity index (χ1n) is 9.06. The number of rotatable bonds is 8. The zero-order valence-electron chi connectivity index (χ0n) is 15.6. The van der Waals surface area contributed by atoms with Crippen molar-refractivity contribution in [1.82, 2.24) is 5.32 Å². The van der Waals surface area contributed by atoms with Crippen LogP contribution in [0.4, 0.5) is 4.39 Å². The lowest BCUT2D eigenvalue weighted by molar-refractivity contribution is -0.143. The highest BCUT2D eigenvalue weighted by atomic mass is 19.1. The fourth-order valence-electron chi connectivity index (χ4n) is 2.56. The van der Waals surface area contributed by atoms with Crippen LogP contribution >= 0.6 is 0 Å². The molecular formula is C23H20FNO4. The largest absolute Gasteiger partial charge is 0.488 e. The van der Waals surface area contributed by atoms with Crippen molar-refractivity contribution < 1.29 is 23.5 Å². The summed E-state index contributed by atoms with van der Waals surface area (Å²) in [6.07, 6.45) is 0. The Balaban J connectivity index is 1.52. The number of amides is 1. The van der Waals surface area contributed by atoms with Crippen LogP contribution in [0.1, 0.15) is 21.5 Å². The van der Waals surface area contributed by atoms with Gasteiger partial charge in [0, 0.05) is 0 Å². The van der Waals surface area contributed by atoms with Gasteiger partial charge in [0.25, 0.3) is 5.91 Å². The van der Waals surface area contributed by atoms with Gasteiger partial charge in [0.15, 0.2) is 0 Å². The zero-order valence-corrected chi connectivity index (χ0v) is 15.6. The highest BCUT2D eigenvalue weighted by Crippen LogP contribution is 2.19. The van der Waals surface area contributed by atoms with Crippen LogP contribution in [0.25, 0.3) is 0 Å². The Morgan fingerprint density at radius 2 is 1.45 bits per heavy atom. The summed E-state index contributed by atoms with van der Waals surface area (Å²) in [4.78, 5) is 24.3. The molecule has 148 valence electrons. The van der Waals surface area contributed by atoms with Crippen LogP contribution in [-0.4, -0.2) is 18.4 Å². The van der Waals surface area contributed by atoms with Crippen molar-refractivity contribution in [3.63, 3.8) is 0 Å². The maximum absolute atomic E-state index is 13.0. The van der Waals surface area contributed by atoms with Gasteiger partial charge in [0.1, 0.15) is 31.3 Å². The summed E-state index contributed by atoms with van der Waals surface area (Å²) >= 11 is 0. The number of carbonyl (C=O) groups is 2. The van der Waals surface area contributed by atoms with Gasteiger partial charge in [-0.2, -0.15) is 0 Å². The highest BCUT2D eigenvalue weighted by Gasteiger charge is 2.14. The molecule has 0 radical (unpaired) electrons. The molecule has 0 saturated carbocycles. The van der Waals surface area contributed by atoms with Gasteiger partial charge in [-0.15, -0.1) is 0 Å². The predicted molar refractivity (Wildman–Crippen MR) is 106 cm³/mol. The summed E-state index contributed by atoms with van der Waals surface area (Å²) in [7, 11) is 0. The molecule has 0 aliphatic heterocycles. The van der Waals surface area contributed by atoms with Gasteiger partial charge in [-0.1, -0.05) is 54.6 Å². The van der Waals surface area contributed by atoms with Crippen LogP contribution in [-0.2, 0) is 22.7 Å². The quantitative estimate of drug-likeness (QED) is 0.590. The minimum Gasteiger partial charge on any atom is -0.488 e. The lowest BCUT2D eigenvalue weighted by atomic mass is 10.2. The first-order chi connectivity index (χ1) is 14.1. The standard InChI is InChI=1S/C23H20FNO4/c24-19-12-10-18(11-13-19)15-28-21-9-5-4-8-20(21)23(27)25-14-22(26)29-16-17-6-2-1-3-7-17/h1-13H,14-16H2,(H,25,27). The third kappa shape index (κ3) is 6.17. The molecule has 5 nitrogen and oxygen atoms in total. The Labute approximate surface area is 168 Å². The monoisotopic (exact) mass is 393 g/mol. The number of esters is 1. The van der Waals surface area contributed by atoms with Crippen LogP contribution in [0.15, 0.2) is 78.9 Å². The summed E-state index contributed by atoms with van der Waals surface area (Å²) in [5, 5.41) is 2.54. The Morgan fingerprint density at radius 1 is 0.793 bits per heavy atom. The molecule has 6 heteroatoms. The first kappa shape index (κ1) is 20.1. The molecule has 0 heterocycles. The second-order valence-corrected chi connectivity index (χ2v) is 6.24. The predicted octanol–water partition coefficient (Wildman–Crippen LogP) is 3.88. The van der Waals surface area contributed by atoms with Crippen molar-refractivity contribution in [3.05, 3.63) is 101 Å². The zero-order chi connectivity index (χ0) is 20.5. The lowest BCUT2D eigenvalue weighted by Crippen LogP contribution is -2.30. The first-order valence-corrected chi connectivity index (χ1v) is 9.06. The van der Waals surface area contributed by atoms with E-state index in [0.29, 0.717) is 11.3 Å². The number of nitrogens with one attached hydrogen (secondary N) is 1. The van der Waals surface area contributed by atoms with E-state index < -0.39 is 11.9 Å². The third-order valence-electron chi connectivity index (χ3n) is 4.08. The maximum atomic E-state index is 13.0. The van der Waals surface area contributed by atoms with Gasteiger partial charge in [-0.3, -0.25) is 9.59 Å². The van der Waals surface area contributed by atoms with Crippen LogP contribution < -0.4 is 10.1 Å². The van der Waals surface area contributed by atoms with Gasteiger partial charge in [0.2, 0.25) is 0 Å².